The topological polar surface area (TPSA) is 94.8 Å². The van der Waals surface area contributed by atoms with E-state index in [0.717, 1.165) is 12.8 Å². The monoisotopic (exact) mass is 349 g/mol. The number of aryl methyl sites for hydroxylation is 1. The van der Waals surface area contributed by atoms with Crippen LogP contribution in [0.15, 0.2) is 20.5 Å². The Morgan fingerprint density at radius 3 is 2.79 bits per heavy atom. The molecular formula is C15H19N5O3S. The first-order valence-corrected chi connectivity index (χ1v) is 8.72. The maximum atomic E-state index is 12.4. The summed E-state index contributed by atoms with van der Waals surface area (Å²) in [5.74, 6) is 0.574. The van der Waals surface area contributed by atoms with Gasteiger partial charge in [0.25, 0.3) is 5.56 Å². The molecule has 3 rings (SSSR count). The zero-order valence-electron chi connectivity index (χ0n) is 13.6. The molecule has 3 heterocycles. The van der Waals surface area contributed by atoms with Gasteiger partial charge in [0.1, 0.15) is 5.69 Å². The van der Waals surface area contributed by atoms with E-state index in [0.29, 0.717) is 42.4 Å². The van der Waals surface area contributed by atoms with Crippen LogP contribution in [-0.2, 0) is 17.8 Å². The highest BCUT2D eigenvalue weighted by Gasteiger charge is 2.20. The fourth-order valence-electron chi connectivity index (χ4n) is 2.61. The summed E-state index contributed by atoms with van der Waals surface area (Å²) in [7, 11) is 1.60. The molecule has 9 heteroatoms. The molecule has 8 nitrogen and oxygen atoms in total. The van der Waals surface area contributed by atoms with Crippen LogP contribution in [-0.4, -0.2) is 37.8 Å². The van der Waals surface area contributed by atoms with Crippen molar-refractivity contribution in [2.45, 2.75) is 32.9 Å². The van der Waals surface area contributed by atoms with Gasteiger partial charge in [-0.05, 0) is 6.42 Å². The van der Waals surface area contributed by atoms with Gasteiger partial charge in [0.05, 0.1) is 12.1 Å². The van der Waals surface area contributed by atoms with E-state index < -0.39 is 11.2 Å². The number of aromatic amines is 1. The molecule has 0 fully saturated rings. The largest absolute Gasteiger partial charge is 0.383 e. The van der Waals surface area contributed by atoms with Crippen LogP contribution >= 0.6 is 11.3 Å². The van der Waals surface area contributed by atoms with Crippen LogP contribution in [0.5, 0.6) is 0 Å². The highest BCUT2D eigenvalue weighted by molar-refractivity contribution is 7.07. The molecule has 0 aliphatic rings. The second-order valence-electron chi connectivity index (χ2n) is 5.39. The Kier molecular flexibility index (Phi) is 4.91. The number of hydrogen-bond acceptors (Lipinski definition) is 6. The maximum absolute atomic E-state index is 12.4. The van der Waals surface area contributed by atoms with Crippen molar-refractivity contribution in [2.24, 2.45) is 0 Å². The van der Waals surface area contributed by atoms with Gasteiger partial charge in [0.15, 0.2) is 17.0 Å². The Labute approximate surface area is 141 Å². The fourth-order valence-corrected chi connectivity index (χ4v) is 3.15. The summed E-state index contributed by atoms with van der Waals surface area (Å²) < 4.78 is 8.45. The predicted molar refractivity (Wildman–Crippen MR) is 92.5 cm³/mol. The summed E-state index contributed by atoms with van der Waals surface area (Å²) in [6.45, 7) is 3.44. The molecule has 0 saturated heterocycles. The Morgan fingerprint density at radius 2 is 2.12 bits per heavy atom. The van der Waals surface area contributed by atoms with Crippen molar-refractivity contribution >= 4 is 22.5 Å². The number of hydrogen-bond donors (Lipinski definition) is 1. The zero-order valence-corrected chi connectivity index (χ0v) is 14.4. The van der Waals surface area contributed by atoms with E-state index in [9.17, 15) is 9.59 Å². The van der Waals surface area contributed by atoms with Crippen LogP contribution in [0.4, 0.5) is 0 Å². The minimum absolute atomic E-state index is 0.380. The Balaban J connectivity index is 2.29. The summed E-state index contributed by atoms with van der Waals surface area (Å²) in [5.41, 5.74) is 2.31. The first kappa shape index (κ1) is 16.6. The molecule has 0 atom stereocenters. The van der Waals surface area contributed by atoms with Crippen molar-refractivity contribution in [3.05, 3.63) is 31.7 Å². The summed E-state index contributed by atoms with van der Waals surface area (Å²) in [6.07, 6.45) is 1.77. The van der Waals surface area contributed by atoms with Crippen molar-refractivity contribution in [3.8, 4) is 11.5 Å². The van der Waals surface area contributed by atoms with Crippen LogP contribution in [0, 0.1) is 0 Å². The average Bonchev–Trinajstić information content (AvgIpc) is 3.20. The minimum Gasteiger partial charge on any atom is -0.383 e. The first-order chi connectivity index (χ1) is 11.7. The third-order valence-corrected chi connectivity index (χ3v) is 4.39. The first-order valence-electron chi connectivity index (χ1n) is 7.78. The van der Waals surface area contributed by atoms with Crippen LogP contribution in [0.25, 0.3) is 22.7 Å². The molecule has 1 N–H and O–H groups in total. The molecule has 0 amide bonds. The lowest BCUT2D eigenvalue weighted by molar-refractivity contribution is 0.188. The molecule has 0 spiro atoms. The van der Waals surface area contributed by atoms with Gasteiger partial charge in [0, 0.05) is 25.6 Å². The number of rotatable bonds is 7. The number of fused-ring (bicyclic) bond motifs is 1. The number of ether oxygens (including phenoxy) is 1. The number of nitrogens with one attached hydrogen (secondary N) is 1. The maximum Gasteiger partial charge on any atom is 0.330 e. The molecule has 0 bridgehead atoms. The molecule has 0 unspecified atom stereocenters. The van der Waals surface area contributed by atoms with E-state index in [2.05, 4.69) is 15.0 Å². The minimum atomic E-state index is -0.437. The molecule has 3 aromatic heterocycles. The third-order valence-electron chi connectivity index (χ3n) is 3.80. The number of aromatic nitrogens is 5. The van der Waals surface area contributed by atoms with Gasteiger partial charge in [-0.1, -0.05) is 13.3 Å². The fraction of sp³-hybridized carbons (Fsp3) is 0.467. The van der Waals surface area contributed by atoms with Gasteiger partial charge in [0.2, 0.25) is 0 Å². The number of H-pyrrole nitrogens is 1. The second kappa shape index (κ2) is 7.10. The van der Waals surface area contributed by atoms with Crippen molar-refractivity contribution < 1.29 is 4.74 Å². The van der Waals surface area contributed by atoms with Crippen molar-refractivity contribution in [2.75, 3.05) is 13.7 Å². The standard InChI is InChI=1S/C15H19N5O3S/c1-3-4-5-20-13-11(14(21)18-15(20)22)19(6-7-23-2)12(17-13)10-8-24-9-16-10/h8-9H,3-7H2,1-2H3,(H,18,21,22). The van der Waals surface area contributed by atoms with E-state index in [4.69, 9.17) is 4.74 Å². The molecule has 24 heavy (non-hydrogen) atoms. The van der Waals surface area contributed by atoms with E-state index in [1.165, 1.54) is 15.9 Å². The molecule has 3 aromatic rings. The second-order valence-corrected chi connectivity index (χ2v) is 6.11. The molecular weight excluding hydrogens is 330 g/mol. The van der Waals surface area contributed by atoms with Gasteiger partial charge >= 0.3 is 5.69 Å². The molecule has 0 aliphatic heterocycles. The van der Waals surface area contributed by atoms with Crippen molar-refractivity contribution in [1.29, 1.82) is 0 Å². The van der Waals surface area contributed by atoms with Gasteiger partial charge in [-0.3, -0.25) is 14.3 Å². The number of methoxy groups -OCH3 is 1. The third kappa shape index (κ3) is 2.92. The highest BCUT2D eigenvalue weighted by atomic mass is 32.1. The molecule has 0 aromatic carbocycles. The lowest BCUT2D eigenvalue weighted by Gasteiger charge is -2.07. The average molecular weight is 349 g/mol. The number of unbranched alkanes of at least 4 members (excludes halogenated alkanes) is 1. The SMILES string of the molecule is CCCCn1c(=O)[nH]c(=O)c2c1nc(-c1cscn1)n2CCOC. The van der Waals surface area contributed by atoms with Gasteiger partial charge < -0.3 is 9.30 Å². The molecule has 0 aliphatic carbocycles. The van der Waals surface area contributed by atoms with Crippen molar-refractivity contribution in [3.63, 3.8) is 0 Å². The van der Waals surface area contributed by atoms with Gasteiger partial charge in [-0.15, -0.1) is 11.3 Å². The summed E-state index contributed by atoms with van der Waals surface area (Å²) in [6, 6.07) is 0. The van der Waals surface area contributed by atoms with E-state index in [-0.39, 0.29) is 0 Å². The summed E-state index contributed by atoms with van der Waals surface area (Å²) >= 11 is 1.45. The normalized spacial score (nSPS) is 11.4. The number of nitrogens with zero attached hydrogens (tertiary/aromatic N) is 4. The quantitative estimate of drug-likeness (QED) is 0.697. The smallest absolute Gasteiger partial charge is 0.330 e. The molecule has 128 valence electrons. The molecule has 0 radical (unpaired) electrons. The van der Waals surface area contributed by atoms with Gasteiger partial charge in [-0.2, -0.15) is 0 Å². The summed E-state index contributed by atoms with van der Waals surface area (Å²) in [5, 5.41) is 1.87. The Bertz CT molecular complexity index is 939. The van der Waals surface area contributed by atoms with Crippen LogP contribution in [0.2, 0.25) is 0 Å². The zero-order chi connectivity index (χ0) is 17.1. The van der Waals surface area contributed by atoms with Crippen LogP contribution < -0.4 is 11.2 Å². The Hall–Kier alpha value is -2.26. The van der Waals surface area contributed by atoms with Gasteiger partial charge in [-0.25, -0.2) is 14.8 Å². The van der Waals surface area contributed by atoms with Crippen LogP contribution in [0.3, 0.4) is 0 Å². The highest BCUT2D eigenvalue weighted by Crippen LogP contribution is 2.22. The van der Waals surface area contributed by atoms with E-state index in [1.54, 1.807) is 17.2 Å². The van der Waals surface area contributed by atoms with Crippen LogP contribution in [0.1, 0.15) is 19.8 Å². The van der Waals surface area contributed by atoms with Crippen molar-refractivity contribution in [1.82, 2.24) is 24.1 Å². The summed E-state index contributed by atoms with van der Waals surface area (Å²) in [4.78, 5) is 35.9. The van der Waals surface area contributed by atoms with E-state index in [1.807, 2.05) is 12.3 Å². The number of thiazole rings is 1. The van der Waals surface area contributed by atoms with E-state index >= 15 is 0 Å². The Morgan fingerprint density at radius 1 is 1.29 bits per heavy atom. The number of imidazole rings is 1. The predicted octanol–water partition coefficient (Wildman–Crippen LogP) is 1.46. The molecule has 0 saturated carbocycles. The lowest BCUT2D eigenvalue weighted by atomic mass is 10.3. The lowest BCUT2D eigenvalue weighted by Crippen LogP contribution is -2.31.